The van der Waals surface area contributed by atoms with Gasteiger partial charge >= 0.3 is 0 Å². The molecule has 1 aromatic rings. The number of thioether (sulfide) groups is 1. The summed E-state index contributed by atoms with van der Waals surface area (Å²) in [5, 5.41) is 12.7. The van der Waals surface area contributed by atoms with Crippen LogP contribution in [0.25, 0.3) is 6.08 Å². The summed E-state index contributed by atoms with van der Waals surface area (Å²) in [4.78, 5) is 33.2. The van der Waals surface area contributed by atoms with Crippen LogP contribution in [-0.2, 0) is 4.79 Å². The molecule has 0 radical (unpaired) electrons. The number of rotatable bonds is 4. The second-order valence-corrected chi connectivity index (χ2v) is 4.89. The highest BCUT2D eigenvalue weighted by molar-refractivity contribution is 8.18. The minimum Gasteiger partial charge on any atom is -0.493 e. The second-order valence-electron chi connectivity index (χ2n) is 3.88. The lowest BCUT2D eigenvalue weighted by Gasteiger charge is -2.08. The first-order chi connectivity index (χ1) is 9.96. The van der Waals surface area contributed by atoms with Gasteiger partial charge in [0, 0.05) is 0 Å². The van der Waals surface area contributed by atoms with Gasteiger partial charge in [-0.2, -0.15) is 0 Å². The van der Waals surface area contributed by atoms with E-state index in [9.17, 15) is 19.7 Å². The lowest BCUT2D eigenvalue weighted by molar-refractivity contribution is -0.385. The molecule has 1 aliphatic heterocycles. The van der Waals surface area contributed by atoms with Gasteiger partial charge in [0.15, 0.2) is 11.5 Å². The number of amides is 2. The van der Waals surface area contributed by atoms with Gasteiger partial charge in [0.1, 0.15) is 0 Å². The van der Waals surface area contributed by atoms with Gasteiger partial charge in [0.2, 0.25) is 0 Å². The number of imide groups is 1. The molecule has 0 spiro atoms. The van der Waals surface area contributed by atoms with Crippen molar-refractivity contribution >= 4 is 34.7 Å². The summed E-state index contributed by atoms with van der Waals surface area (Å²) in [6.45, 7) is 0. The Morgan fingerprint density at radius 3 is 2.33 bits per heavy atom. The Labute approximate surface area is 123 Å². The van der Waals surface area contributed by atoms with Gasteiger partial charge in [-0.1, -0.05) is 0 Å². The van der Waals surface area contributed by atoms with Crippen LogP contribution in [0.4, 0.5) is 10.5 Å². The first-order valence-electron chi connectivity index (χ1n) is 5.61. The van der Waals surface area contributed by atoms with Crippen LogP contribution in [0.2, 0.25) is 0 Å². The van der Waals surface area contributed by atoms with Gasteiger partial charge in [-0.15, -0.1) is 0 Å². The fraction of sp³-hybridized carbons (Fsp3) is 0.167. The quantitative estimate of drug-likeness (QED) is 0.514. The normalized spacial score (nSPS) is 16.0. The third-order valence-corrected chi connectivity index (χ3v) is 3.47. The molecule has 8 nitrogen and oxygen atoms in total. The predicted octanol–water partition coefficient (Wildman–Crippen LogP) is 1.94. The number of hydrogen-bond acceptors (Lipinski definition) is 7. The summed E-state index contributed by atoms with van der Waals surface area (Å²) in [6.07, 6.45) is 1.27. The summed E-state index contributed by atoms with van der Waals surface area (Å²) < 4.78 is 10.1. The third kappa shape index (κ3) is 2.97. The third-order valence-electron chi connectivity index (χ3n) is 2.66. The van der Waals surface area contributed by atoms with Crippen LogP contribution < -0.4 is 14.8 Å². The van der Waals surface area contributed by atoms with E-state index < -0.39 is 16.1 Å². The van der Waals surface area contributed by atoms with Crippen molar-refractivity contribution in [3.05, 3.63) is 32.7 Å². The van der Waals surface area contributed by atoms with Crippen molar-refractivity contribution in [1.29, 1.82) is 0 Å². The number of carbonyl (C=O) groups excluding carboxylic acids is 2. The fourth-order valence-corrected chi connectivity index (χ4v) is 2.39. The fourth-order valence-electron chi connectivity index (χ4n) is 1.72. The first-order valence-corrected chi connectivity index (χ1v) is 6.43. The second kappa shape index (κ2) is 5.83. The molecule has 1 fully saturated rings. The Balaban J connectivity index is 2.56. The molecule has 2 amide bonds. The number of methoxy groups -OCH3 is 2. The number of nitrogens with zero attached hydrogens (tertiary/aromatic N) is 1. The molecule has 9 heteroatoms. The molecule has 0 aromatic heterocycles. The molecule has 1 saturated heterocycles. The molecule has 0 aliphatic carbocycles. The number of nitro groups is 1. The Kier molecular flexibility index (Phi) is 4.13. The molecule has 0 saturated carbocycles. The van der Waals surface area contributed by atoms with Crippen LogP contribution in [0.5, 0.6) is 11.5 Å². The number of nitrogens with one attached hydrogen (secondary N) is 1. The maximum Gasteiger partial charge on any atom is 0.290 e. The first kappa shape index (κ1) is 14.9. The van der Waals surface area contributed by atoms with Crippen molar-refractivity contribution in [3.8, 4) is 11.5 Å². The maximum absolute atomic E-state index is 11.5. The van der Waals surface area contributed by atoms with E-state index in [2.05, 4.69) is 5.32 Å². The van der Waals surface area contributed by atoms with Crippen molar-refractivity contribution in [1.82, 2.24) is 5.32 Å². The van der Waals surface area contributed by atoms with E-state index in [0.29, 0.717) is 11.8 Å². The Morgan fingerprint density at radius 2 is 1.86 bits per heavy atom. The van der Waals surface area contributed by atoms with Gasteiger partial charge < -0.3 is 9.47 Å². The van der Waals surface area contributed by atoms with Crippen molar-refractivity contribution < 1.29 is 24.0 Å². The summed E-state index contributed by atoms with van der Waals surface area (Å²) in [7, 11) is 2.75. The molecule has 1 aromatic carbocycles. The Bertz CT molecular complexity index is 670. The molecule has 21 heavy (non-hydrogen) atoms. The van der Waals surface area contributed by atoms with Crippen LogP contribution in [0.1, 0.15) is 5.56 Å². The summed E-state index contributed by atoms with van der Waals surface area (Å²) >= 11 is 0.679. The average Bonchev–Trinajstić information content (AvgIpc) is 2.76. The monoisotopic (exact) mass is 310 g/mol. The van der Waals surface area contributed by atoms with Crippen LogP contribution >= 0.6 is 11.8 Å². The van der Waals surface area contributed by atoms with E-state index in [4.69, 9.17) is 9.47 Å². The molecular weight excluding hydrogens is 300 g/mol. The lowest BCUT2D eigenvalue weighted by atomic mass is 10.1. The largest absolute Gasteiger partial charge is 0.493 e. The molecule has 0 unspecified atom stereocenters. The Morgan fingerprint density at radius 1 is 1.24 bits per heavy atom. The summed E-state index contributed by atoms with van der Waals surface area (Å²) in [6, 6.07) is 2.57. The minimum atomic E-state index is -0.603. The summed E-state index contributed by atoms with van der Waals surface area (Å²) in [5.41, 5.74) is -0.113. The highest BCUT2D eigenvalue weighted by Gasteiger charge is 2.27. The lowest BCUT2D eigenvalue weighted by Crippen LogP contribution is -2.17. The number of nitro benzene ring substituents is 1. The highest BCUT2D eigenvalue weighted by Crippen LogP contribution is 2.37. The zero-order chi connectivity index (χ0) is 15.6. The topological polar surface area (TPSA) is 108 Å². The SMILES string of the molecule is COc1cc(/C=C2/SC(=O)NC2=O)c([N+](=O)[O-])cc1OC. The highest BCUT2D eigenvalue weighted by atomic mass is 32.2. The van der Waals surface area contributed by atoms with Crippen LogP contribution in [-0.4, -0.2) is 30.3 Å². The number of ether oxygens (including phenoxy) is 2. The van der Waals surface area contributed by atoms with E-state index in [1.54, 1.807) is 0 Å². The summed E-state index contributed by atoms with van der Waals surface area (Å²) in [5.74, 6) is -0.107. The molecule has 1 heterocycles. The van der Waals surface area contributed by atoms with E-state index in [0.717, 1.165) is 0 Å². The van der Waals surface area contributed by atoms with Crippen LogP contribution in [0, 0.1) is 10.1 Å². The van der Waals surface area contributed by atoms with Gasteiger partial charge in [0.25, 0.3) is 16.8 Å². The molecule has 110 valence electrons. The maximum atomic E-state index is 11.5. The Hall–Kier alpha value is -2.55. The van der Waals surface area contributed by atoms with E-state index in [1.807, 2.05) is 0 Å². The minimum absolute atomic E-state index is 0.0790. The van der Waals surface area contributed by atoms with E-state index >= 15 is 0 Å². The van der Waals surface area contributed by atoms with Crippen LogP contribution in [0.15, 0.2) is 17.0 Å². The number of carbonyl (C=O) groups is 2. The smallest absolute Gasteiger partial charge is 0.290 e. The average molecular weight is 310 g/mol. The van der Waals surface area contributed by atoms with Crippen molar-refractivity contribution in [2.45, 2.75) is 0 Å². The standard InChI is InChI=1S/C12H10N2O6S/c1-19-8-3-6(4-10-11(15)13-12(16)21-10)7(14(17)18)5-9(8)20-2/h3-5H,1-2H3,(H,13,15,16)/b10-4+. The molecule has 1 N–H and O–H groups in total. The van der Waals surface area contributed by atoms with E-state index in [1.165, 1.54) is 32.4 Å². The van der Waals surface area contributed by atoms with Gasteiger partial charge in [0.05, 0.1) is 35.7 Å². The molecule has 2 rings (SSSR count). The van der Waals surface area contributed by atoms with Gasteiger partial charge in [-0.3, -0.25) is 25.0 Å². The molecule has 0 bridgehead atoms. The predicted molar refractivity (Wildman–Crippen MR) is 75.3 cm³/mol. The zero-order valence-corrected chi connectivity index (χ0v) is 11.9. The van der Waals surface area contributed by atoms with Crippen molar-refractivity contribution in [2.24, 2.45) is 0 Å². The molecular formula is C12H10N2O6S. The van der Waals surface area contributed by atoms with E-state index in [-0.39, 0.29) is 27.7 Å². The van der Waals surface area contributed by atoms with Crippen molar-refractivity contribution in [2.75, 3.05) is 14.2 Å². The van der Waals surface area contributed by atoms with Crippen LogP contribution in [0.3, 0.4) is 0 Å². The number of benzene rings is 1. The van der Waals surface area contributed by atoms with Gasteiger partial charge in [-0.25, -0.2) is 0 Å². The number of hydrogen-bond donors (Lipinski definition) is 1. The van der Waals surface area contributed by atoms with Gasteiger partial charge in [-0.05, 0) is 23.9 Å². The molecule has 1 aliphatic rings. The zero-order valence-electron chi connectivity index (χ0n) is 11.0. The van der Waals surface area contributed by atoms with Crippen molar-refractivity contribution in [3.63, 3.8) is 0 Å². The molecule has 0 atom stereocenters.